The third-order valence-corrected chi connectivity index (χ3v) is 3.23. The number of carbonyl (C=O) groups is 1. The van der Waals surface area contributed by atoms with Crippen LogP contribution in [0, 0.1) is 5.92 Å². The Labute approximate surface area is 104 Å². The Kier molecular flexibility index (Phi) is 2.76. The average Bonchev–Trinajstić information content (AvgIpc) is 2.81. The molecule has 3 rings (SSSR count). The minimum absolute atomic E-state index is 0.119. The number of benzene rings is 1. The van der Waals surface area contributed by atoms with Crippen LogP contribution in [0.25, 0.3) is 11.4 Å². The molecule has 0 aliphatic heterocycles. The molecule has 0 unspecified atom stereocenters. The monoisotopic (exact) mass is 243 g/mol. The molecule has 1 saturated carbocycles. The highest BCUT2D eigenvalue weighted by Gasteiger charge is 2.24. The van der Waals surface area contributed by atoms with Crippen molar-refractivity contribution in [1.29, 1.82) is 0 Å². The first-order valence-corrected chi connectivity index (χ1v) is 5.98. The molecule has 18 heavy (non-hydrogen) atoms. The Bertz CT molecular complexity index is 530. The molecule has 1 fully saturated rings. The molecule has 1 aromatic heterocycles. The SMILES string of the molecule is O=C(Nc1ccc(-c2nn[nH]n2)cc1)C1CCC1. The van der Waals surface area contributed by atoms with Gasteiger partial charge in [0.2, 0.25) is 11.7 Å². The predicted molar refractivity (Wildman–Crippen MR) is 65.6 cm³/mol. The van der Waals surface area contributed by atoms with E-state index in [0.717, 1.165) is 30.5 Å². The second kappa shape index (κ2) is 4.56. The molecule has 1 aromatic carbocycles. The molecule has 1 aliphatic carbocycles. The number of rotatable bonds is 3. The van der Waals surface area contributed by atoms with Crippen LogP contribution in [0.3, 0.4) is 0 Å². The van der Waals surface area contributed by atoms with Crippen LogP contribution >= 0.6 is 0 Å². The molecule has 0 spiro atoms. The zero-order chi connectivity index (χ0) is 12.4. The fourth-order valence-electron chi connectivity index (χ4n) is 1.90. The molecule has 2 N–H and O–H groups in total. The smallest absolute Gasteiger partial charge is 0.227 e. The summed E-state index contributed by atoms with van der Waals surface area (Å²) in [6.07, 6.45) is 3.18. The van der Waals surface area contributed by atoms with E-state index in [2.05, 4.69) is 25.9 Å². The van der Waals surface area contributed by atoms with Gasteiger partial charge in [0.05, 0.1) is 0 Å². The number of anilines is 1. The van der Waals surface area contributed by atoms with Gasteiger partial charge in [-0.05, 0) is 42.3 Å². The Hall–Kier alpha value is -2.24. The van der Waals surface area contributed by atoms with Gasteiger partial charge in [0, 0.05) is 17.2 Å². The van der Waals surface area contributed by atoms with Crippen LogP contribution < -0.4 is 5.32 Å². The van der Waals surface area contributed by atoms with Crippen molar-refractivity contribution in [1.82, 2.24) is 20.6 Å². The number of aromatic amines is 1. The number of H-pyrrole nitrogens is 1. The number of amides is 1. The van der Waals surface area contributed by atoms with Gasteiger partial charge < -0.3 is 5.32 Å². The summed E-state index contributed by atoms with van der Waals surface area (Å²) in [6, 6.07) is 7.42. The van der Waals surface area contributed by atoms with Crippen molar-refractivity contribution in [2.24, 2.45) is 5.92 Å². The van der Waals surface area contributed by atoms with Gasteiger partial charge in [0.1, 0.15) is 0 Å². The summed E-state index contributed by atoms with van der Waals surface area (Å²) in [6.45, 7) is 0. The van der Waals surface area contributed by atoms with Crippen molar-refractivity contribution in [3.8, 4) is 11.4 Å². The fourth-order valence-corrected chi connectivity index (χ4v) is 1.90. The van der Waals surface area contributed by atoms with E-state index in [-0.39, 0.29) is 11.8 Å². The second-order valence-corrected chi connectivity index (χ2v) is 4.43. The van der Waals surface area contributed by atoms with E-state index in [9.17, 15) is 4.79 Å². The van der Waals surface area contributed by atoms with Crippen molar-refractivity contribution in [2.75, 3.05) is 5.32 Å². The summed E-state index contributed by atoms with van der Waals surface area (Å²) < 4.78 is 0. The quantitative estimate of drug-likeness (QED) is 0.857. The van der Waals surface area contributed by atoms with E-state index < -0.39 is 0 Å². The van der Waals surface area contributed by atoms with E-state index in [1.165, 1.54) is 0 Å². The molecule has 0 radical (unpaired) electrons. The number of nitrogens with one attached hydrogen (secondary N) is 2. The number of hydrogen-bond acceptors (Lipinski definition) is 4. The maximum Gasteiger partial charge on any atom is 0.227 e. The zero-order valence-electron chi connectivity index (χ0n) is 9.76. The van der Waals surface area contributed by atoms with E-state index in [1.54, 1.807) is 0 Å². The first kappa shape index (κ1) is 10.9. The zero-order valence-corrected chi connectivity index (χ0v) is 9.76. The van der Waals surface area contributed by atoms with Crippen LogP contribution in [-0.2, 0) is 4.79 Å². The molecule has 0 atom stereocenters. The van der Waals surface area contributed by atoms with E-state index in [1.807, 2.05) is 24.3 Å². The molecular formula is C12H13N5O. The number of tetrazole rings is 1. The minimum atomic E-state index is 0.119. The highest BCUT2D eigenvalue weighted by atomic mass is 16.1. The molecule has 6 nitrogen and oxygen atoms in total. The molecule has 6 heteroatoms. The number of nitrogens with zero attached hydrogens (tertiary/aromatic N) is 3. The molecule has 92 valence electrons. The molecule has 2 aromatic rings. The lowest BCUT2D eigenvalue weighted by atomic mass is 9.85. The highest BCUT2D eigenvalue weighted by molar-refractivity contribution is 5.93. The Balaban J connectivity index is 1.69. The largest absolute Gasteiger partial charge is 0.326 e. The van der Waals surface area contributed by atoms with E-state index in [0.29, 0.717) is 5.82 Å². The summed E-state index contributed by atoms with van der Waals surface area (Å²) in [5, 5.41) is 16.6. The maximum absolute atomic E-state index is 11.8. The minimum Gasteiger partial charge on any atom is -0.326 e. The van der Waals surface area contributed by atoms with Crippen LogP contribution in [-0.4, -0.2) is 26.5 Å². The normalized spacial score (nSPS) is 15.1. The molecule has 1 heterocycles. The third kappa shape index (κ3) is 2.09. The molecular weight excluding hydrogens is 230 g/mol. The van der Waals surface area contributed by atoms with Crippen LogP contribution in [0.15, 0.2) is 24.3 Å². The van der Waals surface area contributed by atoms with Crippen LogP contribution in [0.2, 0.25) is 0 Å². The van der Waals surface area contributed by atoms with Crippen molar-refractivity contribution in [3.63, 3.8) is 0 Å². The first-order valence-electron chi connectivity index (χ1n) is 5.98. The highest BCUT2D eigenvalue weighted by Crippen LogP contribution is 2.27. The van der Waals surface area contributed by atoms with Gasteiger partial charge in [-0.2, -0.15) is 5.21 Å². The summed E-state index contributed by atoms with van der Waals surface area (Å²) in [5.74, 6) is 0.863. The maximum atomic E-state index is 11.8. The Morgan fingerprint density at radius 2 is 2.06 bits per heavy atom. The number of hydrogen-bond donors (Lipinski definition) is 2. The van der Waals surface area contributed by atoms with Gasteiger partial charge >= 0.3 is 0 Å². The van der Waals surface area contributed by atoms with Crippen molar-refractivity contribution >= 4 is 11.6 Å². The van der Waals surface area contributed by atoms with Gasteiger partial charge in [-0.25, -0.2) is 0 Å². The lowest BCUT2D eigenvalue weighted by Crippen LogP contribution is -2.27. The lowest BCUT2D eigenvalue weighted by molar-refractivity contribution is -0.122. The Morgan fingerprint density at radius 3 is 2.61 bits per heavy atom. The summed E-state index contributed by atoms with van der Waals surface area (Å²) >= 11 is 0. The van der Waals surface area contributed by atoms with E-state index in [4.69, 9.17) is 0 Å². The van der Waals surface area contributed by atoms with Gasteiger partial charge in [0.25, 0.3) is 0 Å². The average molecular weight is 243 g/mol. The van der Waals surface area contributed by atoms with Gasteiger partial charge in [0.15, 0.2) is 0 Å². The second-order valence-electron chi connectivity index (χ2n) is 4.43. The lowest BCUT2D eigenvalue weighted by Gasteiger charge is -2.24. The molecule has 1 amide bonds. The predicted octanol–water partition coefficient (Wildman–Crippen LogP) is 1.61. The molecule has 0 bridgehead atoms. The van der Waals surface area contributed by atoms with Gasteiger partial charge in [-0.15, -0.1) is 10.2 Å². The van der Waals surface area contributed by atoms with Gasteiger partial charge in [-0.1, -0.05) is 6.42 Å². The van der Waals surface area contributed by atoms with E-state index >= 15 is 0 Å². The number of carbonyl (C=O) groups excluding carboxylic acids is 1. The molecule has 0 saturated heterocycles. The summed E-state index contributed by atoms with van der Waals surface area (Å²) in [4.78, 5) is 11.8. The van der Waals surface area contributed by atoms with Crippen molar-refractivity contribution in [3.05, 3.63) is 24.3 Å². The van der Waals surface area contributed by atoms with Gasteiger partial charge in [-0.3, -0.25) is 4.79 Å². The summed E-state index contributed by atoms with van der Waals surface area (Å²) in [5.41, 5.74) is 1.67. The summed E-state index contributed by atoms with van der Waals surface area (Å²) in [7, 11) is 0. The van der Waals surface area contributed by atoms with Crippen molar-refractivity contribution in [2.45, 2.75) is 19.3 Å². The van der Waals surface area contributed by atoms with Crippen LogP contribution in [0.4, 0.5) is 5.69 Å². The van der Waals surface area contributed by atoms with Crippen molar-refractivity contribution < 1.29 is 4.79 Å². The Morgan fingerprint density at radius 1 is 1.28 bits per heavy atom. The number of aromatic nitrogens is 4. The third-order valence-electron chi connectivity index (χ3n) is 3.23. The van der Waals surface area contributed by atoms with Crippen LogP contribution in [0.1, 0.15) is 19.3 Å². The standard InChI is InChI=1S/C12H13N5O/c18-12(9-2-1-3-9)13-10-6-4-8(5-7-10)11-14-16-17-15-11/h4-7,9H,1-3H2,(H,13,18)(H,14,15,16,17). The molecule has 1 aliphatic rings. The first-order chi connectivity index (χ1) is 8.83. The fraction of sp³-hybridized carbons (Fsp3) is 0.333. The topological polar surface area (TPSA) is 83.6 Å². The van der Waals surface area contributed by atoms with Crippen LogP contribution in [0.5, 0.6) is 0 Å².